The van der Waals surface area contributed by atoms with Crippen molar-refractivity contribution in [3.8, 4) is 11.3 Å². The Hall–Kier alpha value is -2.84. The van der Waals surface area contributed by atoms with Crippen LogP contribution in [0.25, 0.3) is 11.3 Å². The van der Waals surface area contributed by atoms with Crippen molar-refractivity contribution in [1.82, 2.24) is 10.5 Å². The lowest BCUT2D eigenvalue weighted by Crippen LogP contribution is -2.29. The molecule has 0 aliphatic heterocycles. The first kappa shape index (κ1) is 19.9. The van der Waals surface area contributed by atoms with Crippen LogP contribution in [-0.2, 0) is 0 Å². The van der Waals surface area contributed by atoms with Gasteiger partial charge in [0, 0.05) is 6.54 Å². The molecule has 146 valence electrons. The first-order chi connectivity index (χ1) is 13.3. The maximum atomic E-state index is 14.2. The Kier molecular flexibility index (Phi) is 5.71. The summed E-state index contributed by atoms with van der Waals surface area (Å²) in [5.74, 6) is -3.43. The van der Waals surface area contributed by atoms with E-state index in [2.05, 4.69) is 10.5 Å². The Labute approximate surface area is 162 Å². The number of amides is 1. The number of halogens is 4. The number of hydrogen-bond acceptors (Lipinski definition) is 4. The summed E-state index contributed by atoms with van der Waals surface area (Å²) in [5.41, 5.74) is -0.143. The largest absolute Gasteiger partial charge is 0.387 e. The molecule has 0 spiro atoms. The quantitative estimate of drug-likeness (QED) is 0.661. The highest BCUT2D eigenvalue weighted by Gasteiger charge is 2.25. The molecular formula is C19H14ClF3N2O3. The van der Waals surface area contributed by atoms with Gasteiger partial charge in [0.15, 0.2) is 11.6 Å². The molecule has 9 heteroatoms. The molecule has 28 heavy (non-hydrogen) atoms. The van der Waals surface area contributed by atoms with Crippen molar-refractivity contribution < 1.29 is 27.6 Å². The van der Waals surface area contributed by atoms with Crippen LogP contribution in [0.3, 0.4) is 0 Å². The topological polar surface area (TPSA) is 75.4 Å². The fourth-order valence-corrected chi connectivity index (χ4v) is 2.90. The lowest BCUT2D eigenvalue weighted by molar-refractivity contribution is 0.0915. The first-order valence-electron chi connectivity index (χ1n) is 8.11. The zero-order valence-corrected chi connectivity index (χ0v) is 15.2. The van der Waals surface area contributed by atoms with E-state index in [-0.39, 0.29) is 39.7 Å². The summed E-state index contributed by atoms with van der Waals surface area (Å²) in [4.78, 5) is 12.6. The monoisotopic (exact) mass is 410 g/mol. The molecular weight excluding hydrogens is 397 g/mol. The third-order valence-corrected chi connectivity index (χ3v) is 4.39. The van der Waals surface area contributed by atoms with Crippen LogP contribution in [0.5, 0.6) is 0 Å². The number of benzene rings is 2. The summed E-state index contributed by atoms with van der Waals surface area (Å²) >= 11 is 6.03. The van der Waals surface area contributed by atoms with Gasteiger partial charge in [-0.3, -0.25) is 4.79 Å². The van der Waals surface area contributed by atoms with Gasteiger partial charge in [0.25, 0.3) is 5.91 Å². The summed E-state index contributed by atoms with van der Waals surface area (Å²) in [7, 11) is 0. The SMILES string of the molecule is Cc1onc(-c2c(F)cccc2Cl)c1C(=O)NCC(O)c1ccc(F)c(F)c1. The normalized spacial score (nSPS) is 12.1. The molecule has 2 aromatic carbocycles. The molecule has 3 aromatic rings. The molecule has 1 unspecified atom stereocenters. The highest BCUT2D eigenvalue weighted by Crippen LogP contribution is 2.33. The van der Waals surface area contributed by atoms with Crippen molar-refractivity contribution in [3.63, 3.8) is 0 Å². The molecule has 1 atom stereocenters. The number of aliphatic hydroxyl groups is 1. The van der Waals surface area contributed by atoms with Crippen molar-refractivity contribution in [2.45, 2.75) is 13.0 Å². The Bertz CT molecular complexity index is 1020. The second-order valence-electron chi connectivity index (χ2n) is 5.96. The molecule has 0 aliphatic rings. The van der Waals surface area contributed by atoms with Crippen LogP contribution in [0.15, 0.2) is 40.9 Å². The molecule has 0 fully saturated rings. The number of aromatic nitrogens is 1. The second-order valence-corrected chi connectivity index (χ2v) is 6.37. The average molecular weight is 411 g/mol. The van der Waals surface area contributed by atoms with Crippen LogP contribution < -0.4 is 5.32 Å². The summed E-state index contributed by atoms with van der Waals surface area (Å²) in [5, 5.41) is 16.3. The lowest BCUT2D eigenvalue weighted by Gasteiger charge is -2.13. The highest BCUT2D eigenvalue weighted by atomic mass is 35.5. The Morgan fingerprint density at radius 1 is 1.21 bits per heavy atom. The molecule has 1 amide bonds. The van der Waals surface area contributed by atoms with Crippen molar-refractivity contribution in [1.29, 1.82) is 0 Å². The molecule has 0 saturated carbocycles. The predicted molar refractivity (Wildman–Crippen MR) is 95.3 cm³/mol. The van der Waals surface area contributed by atoms with Gasteiger partial charge in [0.05, 0.1) is 16.7 Å². The van der Waals surface area contributed by atoms with Gasteiger partial charge >= 0.3 is 0 Å². The Morgan fingerprint density at radius 2 is 1.96 bits per heavy atom. The van der Waals surface area contributed by atoms with Gasteiger partial charge in [-0.2, -0.15) is 0 Å². The van der Waals surface area contributed by atoms with E-state index >= 15 is 0 Å². The van der Waals surface area contributed by atoms with E-state index in [9.17, 15) is 23.1 Å². The number of carbonyl (C=O) groups is 1. The van der Waals surface area contributed by atoms with Gasteiger partial charge < -0.3 is 14.9 Å². The summed E-state index contributed by atoms with van der Waals surface area (Å²) in [6.07, 6.45) is -1.29. The maximum absolute atomic E-state index is 14.2. The van der Waals surface area contributed by atoms with Crippen LogP contribution in [0.4, 0.5) is 13.2 Å². The van der Waals surface area contributed by atoms with E-state index in [0.717, 1.165) is 12.1 Å². The van der Waals surface area contributed by atoms with Gasteiger partial charge in [0.2, 0.25) is 0 Å². The minimum atomic E-state index is -1.29. The number of carbonyl (C=O) groups excluding carboxylic acids is 1. The minimum absolute atomic E-state index is 0.0455. The standard InChI is InChI=1S/C19H14ClF3N2O3/c1-9-16(18(25-28-9)17-11(20)3-2-4-13(17)22)19(27)24-8-15(26)10-5-6-12(21)14(23)7-10/h2-7,15,26H,8H2,1H3,(H,24,27). The zero-order chi connectivity index (χ0) is 20.4. The first-order valence-corrected chi connectivity index (χ1v) is 8.49. The molecule has 0 saturated heterocycles. The number of nitrogens with one attached hydrogen (secondary N) is 1. The van der Waals surface area contributed by atoms with Crippen molar-refractivity contribution in [3.05, 3.63) is 75.8 Å². The molecule has 0 aliphatic carbocycles. The Balaban J connectivity index is 1.82. The van der Waals surface area contributed by atoms with Crippen molar-refractivity contribution in [2.75, 3.05) is 6.54 Å². The molecule has 3 rings (SSSR count). The number of rotatable bonds is 5. The minimum Gasteiger partial charge on any atom is -0.387 e. The van der Waals surface area contributed by atoms with Crippen molar-refractivity contribution in [2.24, 2.45) is 0 Å². The molecule has 2 N–H and O–H groups in total. The van der Waals surface area contributed by atoms with Gasteiger partial charge in [-0.05, 0) is 36.8 Å². The lowest BCUT2D eigenvalue weighted by atomic mass is 10.0. The van der Waals surface area contributed by atoms with Crippen LogP contribution in [0.1, 0.15) is 27.8 Å². The number of nitrogens with zero attached hydrogens (tertiary/aromatic N) is 1. The third-order valence-electron chi connectivity index (χ3n) is 4.07. The summed E-state index contributed by atoms with van der Waals surface area (Å²) in [6, 6.07) is 6.92. The summed E-state index contributed by atoms with van der Waals surface area (Å²) < 4.78 is 45.5. The molecule has 0 radical (unpaired) electrons. The average Bonchev–Trinajstić information content (AvgIpc) is 3.03. The number of hydrogen-bond donors (Lipinski definition) is 2. The van der Waals surface area contributed by atoms with Gasteiger partial charge in [-0.1, -0.05) is 28.9 Å². The zero-order valence-electron chi connectivity index (χ0n) is 14.5. The van der Waals surface area contributed by atoms with Crippen LogP contribution in [0, 0.1) is 24.4 Å². The Morgan fingerprint density at radius 3 is 2.64 bits per heavy atom. The fraction of sp³-hybridized carbons (Fsp3) is 0.158. The molecule has 1 aromatic heterocycles. The predicted octanol–water partition coefficient (Wildman–Crippen LogP) is 4.18. The number of aryl methyl sites for hydroxylation is 1. The second kappa shape index (κ2) is 8.04. The summed E-state index contributed by atoms with van der Waals surface area (Å²) in [6.45, 7) is 1.16. The van der Waals surface area contributed by atoms with E-state index in [0.29, 0.717) is 0 Å². The van der Waals surface area contributed by atoms with E-state index in [1.54, 1.807) is 0 Å². The third kappa shape index (κ3) is 3.88. The van der Waals surface area contributed by atoms with Gasteiger partial charge in [-0.25, -0.2) is 13.2 Å². The van der Waals surface area contributed by atoms with Crippen LogP contribution in [-0.4, -0.2) is 22.7 Å². The maximum Gasteiger partial charge on any atom is 0.257 e. The van der Waals surface area contributed by atoms with Crippen LogP contribution >= 0.6 is 11.6 Å². The molecule has 5 nitrogen and oxygen atoms in total. The van der Waals surface area contributed by atoms with Crippen molar-refractivity contribution >= 4 is 17.5 Å². The van der Waals surface area contributed by atoms with E-state index in [4.69, 9.17) is 16.1 Å². The molecule has 1 heterocycles. The highest BCUT2D eigenvalue weighted by molar-refractivity contribution is 6.33. The van der Waals surface area contributed by atoms with Crippen LogP contribution in [0.2, 0.25) is 5.02 Å². The van der Waals surface area contributed by atoms with E-state index in [1.807, 2.05) is 0 Å². The van der Waals surface area contributed by atoms with Gasteiger partial charge in [0.1, 0.15) is 22.8 Å². The smallest absolute Gasteiger partial charge is 0.257 e. The fourth-order valence-electron chi connectivity index (χ4n) is 2.65. The van der Waals surface area contributed by atoms with E-state index < -0.39 is 29.5 Å². The molecule has 0 bridgehead atoms. The number of aliphatic hydroxyl groups excluding tert-OH is 1. The van der Waals surface area contributed by atoms with E-state index in [1.165, 1.54) is 31.2 Å². The van der Waals surface area contributed by atoms with Gasteiger partial charge in [-0.15, -0.1) is 0 Å².